The SMILES string of the molecule is Cc1c(-c2ccc(Br)cc2)n[nH]c1Cl. The van der Waals surface area contributed by atoms with Gasteiger partial charge in [0.1, 0.15) is 5.15 Å². The Balaban J connectivity index is 2.49. The molecule has 2 aromatic rings. The summed E-state index contributed by atoms with van der Waals surface area (Å²) >= 11 is 9.27. The number of aromatic nitrogens is 2. The van der Waals surface area contributed by atoms with Gasteiger partial charge in [-0.15, -0.1) is 0 Å². The Hall–Kier alpha value is -0.800. The maximum Gasteiger partial charge on any atom is 0.127 e. The Kier molecular flexibility index (Phi) is 2.61. The van der Waals surface area contributed by atoms with Crippen LogP contribution in [0, 0.1) is 6.92 Å². The Bertz CT molecular complexity index is 448. The van der Waals surface area contributed by atoms with Crippen molar-refractivity contribution in [2.75, 3.05) is 0 Å². The molecule has 0 radical (unpaired) electrons. The number of H-pyrrole nitrogens is 1. The highest BCUT2D eigenvalue weighted by Crippen LogP contribution is 2.26. The van der Waals surface area contributed by atoms with Crippen LogP contribution in [-0.2, 0) is 0 Å². The van der Waals surface area contributed by atoms with E-state index in [1.165, 1.54) is 0 Å². The fourth-order valence-corrected chi connectivity index (χ4v) is 1.66. The number of nitrogens with one attached hydrogen (secondary N) is 1. The summed E-state index contributed by atoms with van der Waals surface area (Å²) < 4.78 is 1.06. The standard InChI is InChI=1S/C10H8BrClN2/c1-6-9(13-14-10(6)12)7-2-4-8(11)5-3-7/h2-5H,1H3,(H,13,14). The highest BCUT2D eigenvalue weighted by molar-refractivity contribution is 9.10. The minimum Gasteiger partial charge on any atom is -0.266 e. The first-order valence-corrected chi connectivity index (χ1v) is 5.32. The van der Waals surface area contributed by atoms with Crippen LogP contribution in [0.2, 0.25) is 5.15 Å². The third kappa shape index (κ3) is 1.70. The molecule has 1 heterocycles. The van der Waals surface area contributed by atoms with E-state index < -0.39 is 0 Å². The molecule has 2 rings (SSSR count). The van der Waals surface area contributed by atoms with Gasteiger partial charge in [0.15, 0.2) is 0 Å². The highest BCUT2D eigenvalue weighted by atomic mass is 79.9. The topological polar surface area (TPSA) is 28.7 Å². The number of rotatable bonds is 1. The van der Waals surface area contributed by atoms with Crippen LogP contribution in [0.15, 0.2) is 28.7 Å². The molecule has 0 atom stereocenters. The van der Waals surface area contributed by atoms with Crippen molar-refractivity contribution >= 4 is 27.5 Å². The lowest BCUT2D eigenvalue weighted by Crippen LogP contribution is -1.80. The van der Waals surface area contributed by atoms with Crippen molar-refractivity contribution in [3.63, 3.8) is 0 Å². The van der Waals surface area contributed by atoms with Crippen LogP contribution in [0.25, 0.3) is 11.3 Å². The summed E-state index contributed by atoms with van der Waals surface area (Å²) in [6.07, 6.45) is 0. The average Bonchev–Trinajstić information content (AvgIpc) is 2.50. The Morgan fingerprint density at radius 1 is 1.29 bits per heavy atom. The third-order valence-corrected chi connectivity index (χ3v) is 2.96. The first kappa shape index (κ1) is 9.74. The largest absolute Gasteiger partial charge is 0.266 e. The first-order valence-electron chi connectivity index (χ1n) is 4.15. The van der Waals surface area contributed by atoms with Gasteiger partial charge in [-0.05, 0) is 19.1 Å². The van der Waals surface area contributed by atoms with Crippen molar-refractivity contribution < 1.29 is 0 Å². The number of nitrogens with zero attached hydrogens (tertiary/aromatic N) is 1. The molecule has 0 fully saturated rings. The van der Waals surface area contributed by atoms with E-state index >= 15 is 0 Å². The van der Waals surface area contributed by atoms with E-state index in [1.807, 2.05) is 31.2 Å². The van der Waals surface area contributed by atoms with E-state index in [1.54, 1.807) is 0 Å². The Morgan fingerprint density at radius 3 is 2.43 bits per heavy atom. The summed E-state index contributed by atoms with van der Waals surface area (Å²) in [6.45, 7) is 1.95. The smallest absolute Gasteiger partial charge is 0.127 e. The third-order valence-electron chi connectivity index (χ3n) is 2.07. The van der Waals surface area contributed by atoms with Gasteiger partial charge in [0.05, 0.1) is 5.69 Å². The average molecular weight is 272 g/mol. The fourth-order valence-electron chi connectivity index (χ4n) is 1.27. The number of hydrogen-bond acceptors (Lipinski definition) is 1. The molecule has 0 aliphatic heterocycles. The molecule has 4 heteroatoms. The summed E-state index contributed by atoms with van der Waals surface area (Å²) in [7, 11) is 0. The molecule has 0 bridgehead atoms. The van der Waals surface area contributed by atoms with Crippen molar-refractivity contribution in [2.24, 2.45) is 0 Å². The van der Waals surface area contributed by atoms with E-state index in [-0.39, 0.29) is 0 Å². The van der Waals surface area contributed by atoms with Gasteiger partial charge in [0, 0.05) is 15.6 Å². The maximum absolute atomic E-state index is 5.88. The van der Waals surface area contributed by atoms with Gasteiger partial charge in [-0.2, -0.15) is 5.10 Å². The minimum absolute atomic E-state index is 0.600. The van der Waals surface area contributed by atoms with E-state index in [0.717, 1.165) is 21.3 Å². The van der Waals surface area contributed by atoms with Gasteiger partial charge >= 0.3 is 0 Å². The minimum atomic E-state index is 0.600. The zero-order valence-electron chi connectivity index (χ0n) is 7.51. The molecule has 0 aliphatic carbocycles. The van der Waals surface area contributed by atoms with Gasteiger partial charge < -0.3 is 0 Å². The van der Waals surface area contributed by atoms with E-state index in [4.69, 9.17) is 11.6 Å². The molecular weight excluding hydrogens is 263 g/mol. The lowest BCUT2D eigenvalue weighted by atomic mass is 10.1. The predicted molar refractivity (Wildman–Crippen MR) is 61.5 cm³/mol. The maximum atomic E-state index is 5.88. The van der Waals surface area contributed by atoms with Gasteiger partial charge in [-0.3, -0.25) is 5.10 Å². The lowest BCUT2D eigenvalue weighted by molar-refractivity contribution is 1.10. The number of hydrogen-bond donors (Lipinski definition) is 1. The molecule has 14 heavy (non-hydrogen) atoms. The Morgan fingerprint density at radius 2 is 1.93 bits per heavy atom. The van der Waals surface area contributed by atoms with Crippen LogP contribution >= 0.6 is 27.5 Å². The zero-order valence-corrected chi connectivity index (χ0v) is 9.85. The number of halogens is 2. The van der Waals surface area contributed by atoms with Gasteiger partial charge in [0.25, 0.3) is 0 Å². The normalized spacial score (nSPS) is 10.5. The van der Waals surface area contributed by atoms with Crippen molar-refractivity contribution in [3.05, 3.63) is 39.5 Å². The molecule has 1 N–H and O–H groups in total. The molecule has 2 nitrogen and oxygen atoms in total. The van der Waals surface area contributed by atoms with Crippen LogP contribution in [0.1, 0.15) is 5.56 Å². The second kappa shape index (κ2) is 3.75. The molecule has 0 aliphatic rings. The zero-order chi connectivity index (χ0) is 10.1. The van der Waals surface area contributed by atoms with Crippen molar-refractivity contribution in [3.8, 4) is 11.3 Å². The summed E-state index contributed by atoms with van der Waals surface area (Å²) in [4.78, 5) is 0. The summed E-state index contributed by atoms with van der Waals surface area (Å²) in [5, 5.41) is 7.50. The first-order chi connectivity index (χ1) is 6.68. The molecule has 72 valence electrons. The van der Waals surface area contributed by atoms with Crippen molar-refractivity contribution in [2.45, 2.75) is 6.92 Å². The molecule has 0 saturated heterocycles. The summed E-state index contributed by atoms with van der Waals surface area (Å²) in [6, 6.07) is 7.97. The second-order valence-electron chi connectivity index (χ2n) is 3.02. The monoisotopic (exact) mass is 270 g/mol. The number of benzene rings is 1. The van der Waals surface area contributed by atoms with Crippen molar-refractivity contribution in [1.29, 1.82) is 0 Å². The predicted octanol–water partition coefficient (Wildman–Crippen LogP) is 3.80. The van der Waals surface area contributed by atoms with Gasteiger partial charge in [-0.25, -0.2) is 0 Å². The Labute approximate surface area is 95.4 Å². The molecule has 0 unspecified atom stereocenters. The highest BCUT2D eigenvalue weighted by Gasteiger charge is 2.08. The molecule has 0 saturated carbocycles. The quantitative estimate of drug-likeness (QED) is 0.839. The summed E-state index contributed by atoms with van der Waals surface area (Å²) in [5.41, 5.74) is 2.95. The molecular formula is C10H8BrClN2. The van der Waals surface area contributed by atoms with E-state index in [0.29, 0.717) is 5.15 Å². The molecule has 1 aromatic carbocycles. The molecule has 0 spiro atoms. The van der Waals surface area contributed by atoms with Gasteiger partial charge in [-0.1, -0.05) is 39.7 Å². The van der Waals surface area contributed by atoms with Crippen LogP contribution in [0.5, 0.6) is 0 Å². The second-order valence-corrected chi connectivity index (χ2v) is 4.31. The summed E-state index contributed by atoms with van der Waals surface area (Å²) in [5.74, 6) is 0. The number of aromatic amines is 1. The van der Waals surface area contributed by atoms with Crippen LogP contribution in [0.3, 0.4) is 0 Å². The van der Waals surface area contributed by atoms with Crippen LogP contribution < -0.4 is 0 Å². The van der Waals surface area contributed by atoms with E-state index in [9.17, 15) is 0 Å². The van der Waals surface area contributed by atoms with Gasteiger partial charge in [0.2, 0.25) is 0 Å². The molecule has 1 aromatic heterocycles. The van der Waals surface area contributed by atoms with Crippen molar-refractivity contribution in [1.82, 2.24) is 10.2 Å². The molecule has 0 amide bonds. The van der Waals surface area contributed by atoms with E-state index in [2.05, 4.69) is 26.1 Å². The van der Waals surface area contributed by atoms with Crippen LogP contribution in [0.4, 0.5) is 0 Å². The fraction of sp³-hybridized carbons (Fsp3) is 0.100. The van der Waals surface area contributed by atoms with Crippen LogP contribution in [-0.4, -0.2) is 10.2 Å². The lowest BCUT2D eigenvalue weighted by Gasteiger charge is -1.98.